The second kappa shape index (κ2) is 14.9. The standard InChI is InChI=1S/C61H41N3O/c1-38-26-30-53(46-22-13-21-43(32-46)39-14-3-2-4-15-39)62-61(47-28-27-40-16-5-6-18-42(40)33-47)63-60(38)52-36-48(37-57-59(52)50-24-11-12-25-56(50)65-57)64-54-31-29-41-17-9-10-23-49(41)58(54)51-34-44-19-7-8-20-45(44)35-55(51)64/h2-25,27-38H,26H2,1H3/b53-30+,62-61-,63-60+/t38-/m1/s1. The van der Waals surface area contributed by atoms with Crippen LogP contribution in [-0.2, 0) is 0 Å². The van der Waals surface area contributed by atoms with E-state index in [1.165, 1.54) is 43.3 Å². The van der Waals surface area contributed by atoms with E-state index in [-0.39, 0.29) is 5.92 Å². The summed E-state index contributed by atoms with van der Waals surface area (Å²) in [4.78, 5) is 11.3. The molecule has 0 saturated heterocycles. The van der Waals surface area contributed by atoms with E-state index in [9.17, 15) is 0 Å². The Bertz CT molecular complexity index is 4000. The van der Waals surface area contributed by atoms with E-state index in [0.29, 0.717) is 5.84 Å². The molecular weight excluding hydrogens is 791 g/mol. The molecule has 2 aromatic heterocycles. The van der Waals surface area contributed by atoms with Gasteiger partial charge in [0.1, 0.15) is 11.2 Å². The predicted octanol–water partition coefficient (Wildman–Crippen LogP) is 16.1. The van der Waals surface area contributed by atoms with Crippen molar-refractivity contribution in [1.82, 2.24) is 4.57 Å². The maximum atomic E-state index is 6.85. The first-order valence-corrected chi connectivity index (χ1v) is 22.4. The third-order valence-electron chi connectivity index (χ3n) is 13.4. The molecule has 0 bridgehead atoms. The maximum Gasteiger partial charge on any atom is 0.160 e. The van der Waals surface area contributed by atoms with Gasteiger partial charge in [0.05, 0.1) is 28.1 Å². The number of hydrogen-bond donors (Lipinski definition) is 0. The summed E-state index contributed by atoms with van der Waals surface area (Å²) < 4.78 is 9.28. The van der Waals surface area contributed by atoms with Gasteiger partial charge in [0, 0.05) is 50.2 Å². The van der Waals surface area contributed by atoms with Crippen LogP contribution >= 0.6 is 0 Å². The zero-order valence-electron chi connectivity index (χ0n) is 35.7. The van der Waals surface area contributed by atoms with Crippen LogP contribution in [-0.4, -0.2) is 16.1 Å². The lowest BCUT2D eigenvalue weighted by Gasteiger charge is -2.20. The molecule has 0 fully saturated rings. The molecule has 4 heteroatoms. The fraction of sp³-hybridized carbons (Fsp3) is 0.0492. The van der Waals surface area contributed by atoms with Gasteiger partial charge < -0.3 is 8.98 Å². The summed E-state index contributed by atoms with van der Waals surface area (Å²) in [5.74, 6) is 0.696. The number of aliphatic imine (C=N–C) groups is 2. The minimum atomic E-state index is 0.0198. The van der Waals surface area contributed by atoms with Gasteiger partial charge in [0.25, 0.3) is 0 Å². The summed E-state index contributed by atoms with van der Waals surface area (Å²) in [6.45, 7) is 2.30. The first-order valence-electron chi connectivity index (χ1n) is 22.4. The highest BCUT2D eigenvalue weighted by Crippen LogP contribution is 2.42. The van der Waals surface area contributed by atoms with Crippen LogP contribution in [0, 0.1) is 5.92 Å². The van der Waals surface area contributed by atoms with Gasteiger partial charge in [-0.2, -0.15) is 0 Å². The Morgan fingerprint density at radius 1 is 0.446 bits per heavy atom. The summed E-state index contributed by atoms with van der Waals surface area (Å²) in [6, 6.07) is 74.0. The average molecular weight is 832 g/mol. The average Bonchev–Trinajstić information content (AvgIpc) is 3.90. The smallest absolute Gasteiger partial charge is 0.160 e. The first-order chi connectivity index (χ1) is 32.1. The number of rotatable bonds is 5. The summed E-state index contributed by atoms with van der Waals surface area (Å²) in [6.07, 6.45) is 3.05. The monoisotopic (exact) mass is 831 g/mol. The molecular formula is C61H41N3O. The fourth-order valence-electron chi connectivity index (χ4n) is 10.2. The van der Waals surface area contributed by atoms with Gasteiger partial charge in [-0.3, -0.25) is 0 Å². The van der Waals surface area contributed by atoms with Crippen molar-refractivity contribution in [1.29, 1.82) is 0 Å². The van der Waals surface area contributed by atoms with E-state index in [0.717, 1.165) is 84.1 Å². The Hall–Kier alpha value is -8.34. The summed E-state index contributed by atoms with van der Waals surface area (Å²) in [5.41, 5.74) is 12.3. The molecule has 4 nitrogen and oxygen atoms in total. The highest BCUT2D eigenvalue weighted by Gasteiger charge is 2.25. The second-order valence-corrected chi connectivity index (χ2v) is 17.4. The normalized spacial score (nSPS) is 17.0. The lowest BCUT2D eigenvalue weighted by molar-refractivity contribution is 0.668. The largest absolute Gasteiger partial charge is 0.456 e. The van der Waals surface area contributed by atoms with Gasteiger partial charge in [-0.25, -0.2) is 9.98 Å². The molecule has 65 heavy (non-hydrogen) atoms. The summed E-state index contributed by atoms with van der Waals surface area (Å²) in [5, 5.41) is 11.8. The van der Waals surface area contributed by atoms with Crippen molar-refractivity contribution in [2.45, 2.75) is 13.3 Å². The van der Waals surface area contributed by atoms with Crippen LogP contribution < -0.4 is 0 Å². The van der Waals surface area contributed by atoms with Crippen molar-refractivity contribution in [2.75, 3.05) is 0 Å². The van der Waals surface area contributed by atoms with Crippen LogP contribution in [0.25, 0.3) is 98.6 Å². The lowest BCUT2D eigenvalue weighted by Crippen LogP contribution is -2.18. The number of allylic oxidation sites excluding steroid dienone is 1. The molecule has 3 heterocycles. The van der Waals surface area contributed by atoms with E-state index in [4.69, 9.17) is 14.4 Å². The number of amidine groups is 1. The van der Waals surface area contributed by atoms with E-state index < -0.39 is 0 Å². The van der Waals surface area contributed by atoms with Gasteiger partial charge in [-0.05, 0) is 92.3 Å². The first kappa shape index (κ1) is 37.2. The molecule has 0 saturated carbocycles. The van der Waals surface area contributed by atoms with Gasteiger partial charge in [-0.1, -0.05) is 171 Å². The van der Waals surface area contributed by atoms with Gasteiger partial charge in [0.2, 0.25) is 0 Å². The number of fused-ring (bicyclic) bond motifs is 10. The van der Waals surface area contributed by atoms with Crippen molar-refractivity contribution in [2.24, 2.45) is 15.9 Å². The molecule has 0 amide bonds. The summed E-state index contributed by atoms with van der Waals surface area (Å²) in [7, 11) is 0. The van der Waals surface area contributed by atoms with Crippen LogP contribution in [0.2, 0.25) is 0 Å². The van der Waals surface area contributed by atoms with Crippen molar-refractivity contribution in [3.8, 4) is 16.8 Å². The number of para-hydroxylation sites is 1. The van der Waals surface area contributed by atoms with Crippen LogP contribution in [0.1, 0.15) is 30.0 Å². The van der Waals surface area contributed by atoms with Gasteiger partial charge >= 0.3 is 0 Å². The van der Waals surface area contributed by atoms with Crippen molar-refractivity contribution < 1.29 is 4.42 Å². The zero-order valence-corrected chi connectivity index (χ0v) is 35.7. The Labute approximate surface area is 375 Å². The third kappa shape index (κ3) is 6.21. The molecule has 12 aromatic rings. The molecule has 0 unspecified atom stereocenters. The highest BCUT2D eigenvalue weighted by atomic mass is 16.3. The number of benzene rings is 10. The van der Waals surface area contributed by atoms with E-state index >= 15 is 0 Å². The lowest BCUT2D eigenvalue weighted by atomic mass is 9.90. The molecule has 0 radical (unpaired) electrons. The molecule has 0 N–H and O–H groups in total. The Balaban J connectivity index is 1.08. The molecule has 0 spiro atoms. The number of furan rings is 1. The van der Waals surface area contributed by atoms with Crippen molar-refractivity contribution in [3.05, 3.63) is 229 Å². The topological polar surface area (TPSA) is 42.8 Å². The molecule has 10 aromatic carbocycles. The fourth-order valence-corrected chi connectivity index (χ4v) is 10.2. The van der Waals surface area contributed by atoms with E-state index in [1.54, 1.807) is 0 Å². The summed E-state index contributed by atoms with van der Waals surface area (Å²) >= 11 is 0. The number of nitrogens with zero attached hydrogens (tertiary/aromatic N) is 3. The van der Waals surface area contributed by atoms with Crippen molar-refractivity contribution >= 4 is 93.3 Å². The van der Waals surface area contributed by atoms with E-state index in [1.807, 2.05) is 6.07 Å². The van der Waals surface area contributed by atoms with Crippen LogP contribution in [0.5, 0.6) is 0 Å². The number of hydrogen-bond acceptors (Lipinski definition) is 3. The Kier molecular flexibility index (Phi) is 8.53. The minimum Gasteiger partial charge on any atom is -0.456 e. The van der Waals surface area contributed by atoms with Gasteiger partial charge in [-0.15, -0.1) is 0 Å². The van der Waals surface area contributed by atoms with Gasteiger partial charge in [0.15, 0.2) is 5.84 Å². The molecule has 306 valence electrons. The predicted molar refractivity (Wildman–Crippen MR) is 274 cm³/mol. The molecule has 0 aliphatic carbocycles. The van der Waals surface area contributed by atoms with Crippen LogP contribution in [0.3, 0.4) is 0 Å². The SMILES string of the molecule is C[C@@H]1C/C=C(c2cccc(-c3ccccc3)c2)/N=C(c2ccc3ccccc3c2)\N=C/1c1cc(-n2c3cc4ccccc4cc3c3c4ccccc4ccc32)cc2oc3ccccc3c12. The Morgan fingerprint density at radius 2 is 1.12 bits per heavy atom. The van der Waals surface area contributed by atoms with Crippen molar-refractivity contribution in [3.63, 3.8) is 0 Å². The maximum absolute atomic E-state index is 6.85. The second-order valence-electron chi connectivity index (χ2n) is 17.4. The van der Waals surface area contributed by atoms with Crippen LogP contribution in [0.4, 0.5) is 0 Å². The van der Waals surface area contributed by atoms with Crippen LogP contribution in [0.15, 0.2) is 227 Å². The molecule has 13 rings (SSSR count). The quantitative estimate of drug-likeness (QED) is 0.170. The molecule has 1 aliphatic heterocycles. The highest BCUT2D eigenvalue weighted by molar-refractivity contribution is 6.26. The number of aromatic nitrogens is 1. The molecule has 1 atom stereocenters. The zero-order chi connectivity index (χ0) is 43.0. The third-order valence-corrected chi connectivity index (χ3v) is 13.4. The molecule has 1 aliphatic rings. The Morgan fingerprint density at radius 3 is 1.97 bits per heavy atom. The van der Waals surface area contributed by atoms with E-state index in [2.05, 4.69) is 218 Å². The minimum absolute atomic E-state index is 0.0198.